The molecule has 0 unspecified atom stereocenters. The molecule has 0 radical (unpaired) electrons. The van der Waals surface area contributed by atoms with Gasteiger partial charge in [0.05, 0.1) is 6.42 Å². The first-order valence-electron chi connectivity index (χ1n) is 8.00. The summed E-state index contributed by atoms with van der Waals surface area (Å²) in [5.41, 5.74) is 0.836. The van der Waals surface area contributed by atoms with Crippen molar-refractivity contribution in [1.82, 2.24) is 15.0 Å². The van der Waals surface area contributed by atoms with Crippen molar-refractivity contribution in [2.24, 2.45) is 0 Å². The van der Waals surface area contributed by atoms with E-state index in [-0.39, 0.29) is 17.6 Å². The van der Waals surface area contributed by atoms with Crippen molar-refractivity contribution in [2.45, 2.75) is 38.5 Å². The van der Waals surface area contributed by atoms with Crippen molar-refractivity contribution >= 4 is 5.91 Å². The molecular formula is C17H20FN3O2. The average molecular weight is 317 g/mol. The molecule has 0 aliphatic carbocycles. The molecule has 1 aromatic heterocycles. The van der Waals surface area contributed by atoms with E-state index in [1.807, 2.05) is 11.8 Å². The number of carbonyl (C=O) groups is 1. The summed E-state index contributed by atoms with van der Waals surface area (Å²) < 4.78 is 18.2. The van der Waals surface area contributed by atoms with Crippen LogP contribution in [0.5, 0.6) is 0 Å². The number of rotatable bonds is 4. The van der Waals surface area contributed by atoms with Crippen LogP contribution in [0.3, 0.4) is 0 Å². The summed E-state index contributed by atoms with van der Waals surface area (Å²) in [4.78, 5) is 18.6. The van der Waals surface area contributed by atoms with Gasteiger partial charge in [0, 0.05) is 25.4 Å². The Morgan fingerprint density at radius 3 is 2.61 bits per heavy atom. The molecule has 5 nitrogen and oxygen atoms in total. The summed E-state index contributed by atoms with van der Waals surface area (Å²) in [7, 11) is 0. The Labute approximate surface area is 134 Å². The number of piperidine rings is 1. The maximum absolute atomic E-state index is 12.9. The molecule has 2 heterocycles. The summed E-state index contributed by atoms with van der Waals surface area (Å²) >= 11 is 0. The summed E-state index contributed by atoms with van der Waals surface area (Å²) in [6.45, 7) is 3.37. The maximum Gasteiger partial charge on any atom is 0.229 e. The minimum absolute atomic E-state index is 0.0786. The molecule has 1 fully saturated rings. The highest BCUT2D eigenvalue weighted by molar-refractivity contribution is 5.78. The third-order valence-corrected chi connectivity index (χ3v) is 4.27. The van der Waals surface area contributed by atoms with Crippen molar-refractivity contribution < 1.29 is 13.7 Å². The highest BCUT2D eigenvalue weighted by Gasteiger charge is 2.27. The fraction of sp³-hybridized carbons (Fsp3) is 0.471. The summed E-state index contributed by atoms with van der Waals surface area (Å²) in [6, 6.07) is 6.08. The number of aromatic nitrogens is 2. The normalized spacial score (nSPS) is 15.8. The highest BCUT2D eigenvalue weighted by Crippen LogP contribution is 2.27. The molecule has 1 aromatic carbocycles. The lowest BCUT2D eigenvalue weighted by atomic mass is 9.96. The predicted octanol–water partition coefficient (Wildman–Crippen LogP) is 2.72. The van der Waals surface area contributed by atoms with Gasteiger partial charge in [0.2, 0.25) is 11.8 Å². The smallest absolute Gasteiger partial charge is 0.229 e. The molecule has 2 aromatic rings. The third-order valence-electron chi connectivity index (χ3n) is 4.27. The van der Waals surface area contributed by atoms with Crippen LogP contribution in [-0.2, 0) is 17.6 Å². The molecule has 0 saturated carbocycles. The molecule has 6 heteroatoms. The van der Waals surface area contributed by atoms with Crippen molar-refractivity contribution in [2.75, 3.05) is 13.1 Å². The number of hydrogen-bond acceptors (Lipinski definition) is 4. The standard InChI is InChI=1S/C17H20FN3O2/c1-2-15-19-17(23-20-15)13-7-9-21(10-8-13)16(22)11-12-3-5-14(18)6-4-12/h3-6,13H,2,7-11H2,1H3. The third kappa shape index (κ3) is 3.75. The second-order valence-corrected chi connectivity index (χ2v) is 5.86. The Kier molecular flexibility index (Phi) is 4.69. The Morgan fingerprint density at radius 1 is 1.30 bits per heavy atom. The van der Waals surface area contributed by atoms with Gasteiger partial charge in [0.15, 0.2) is 5.82 Å². The van der Waals surface area contributed by atoms with Crippen LogP contribution < -0.4 is 0 Å². The monoisotopic (exact) mass is 317 g/mol. The summed E-state index contributed by atoms with van der Waals surface area (Å²) in [5.74, 6) is 1.45. The second-order valence-electron chi connectivity index (χ2n) is 5.86. The molecule has 122 valence electrons. The number of amides is 1. The topological polar surface area (TPSA) is 59.2 Å². The first-order chi connectivity index (χ1) is 11.2. The predicted molar refractivity (Wildman–Crippen MR) is 82.3 cm³/mol. The Hall–Kier alpha value is -2.24. The van der Waals surface area contributed by atoms with Crippen LogP contribution in [0.15, 0.2) is 28.8 Å². The summed E-state index contributed by atoms with van der Waals surface area (Å²) in [6.07, 6.45) is 2.74. The molecule has 1 amide bonds. The number of aryl methyl sites for hydroxylation is 1. The molecule has 0 atom stereocenters. The lowest BCUT2D eigenvalue weighted by Gasteiger charge is -2.30. The van der Waals surface area contributed by atoms with Gasteiger partial charge in [-0.3, -0.25) is 4.79 Å². The van der Waals surface area contributed by atoms with Crippen LogP contribution in [-0.4, -0.2) is 34.0 Å². The highest BCUT2D eigenvalue weighted by atomic mass is 19.1. The molecule has 0 N–H and O–H groups in total. The molecule has 1 saturated heterocycles. The van der Waals surface area contributed by atoms with E-state index < -0.39 is 0 Å². The van der Waals surface area contributed by atoms with E-state index in [0.717, 1.165) is 30.7 Å². The lowest BCUT2D eigenvalue weighted by Crippen LogP contribution is -2.38. The minimum Gasteiger partial charge on any atom is -0.342 e. The van der Waals surface area contributed by atoms with Gasteiger partial charge < -0.3 is 9.42 Å². The average Bonchev–Trinajstić information content (AvgIpc) is 3.06. The Morgan fingerprint density at radius 2 is 2.00 bits per heavy atom. The van der Waals surface area contributed by atoms with E-state index in [1.54, 1.807) is 12.1 Å². The number of benzene rings is 1. The zero-order valence-electron chi connectivity index (χ0n) is 13.2. The molecule has 23 heavy (non-hydrogen) atoms. The quantitative estimate of drug-likeness (QED) is 0.870. The van der Waals surface area contributed by atoms with Crippen molar-refractivity contribution in [3.05, 3.63) is 47.4 Å². The van der Waals surface area contributed by atoms with Gasteiger partial charge in [-0.15, -0.1) is 0 Å². The van der Waals surface area contributed by atoms with Crippen molar-refractivity contribution in [1.29, 1.82) is 0 Å². The first kappa shape index (κ1) is 15.6. The van der Waals surface area contributed by atoms with E-state index >= 15 is 0 Å². The van der Waals surface area contributed by atoms with Gasteiger partial charge >= 0.3 is 0 Å². The first-order valence-corrected chi connectivity index (χ1v) is 8.00. The molecule has 3 rings (SSSR count). The molecule has 0 bridgehead atoms. The van der Waals surface area contributed by atoms with E-state index in [1.165, 1.54) is 12.1 Å². The van der Waals surface area contributed by atoms with Crippen LogP contribution in [0.2, 0.25) is 0 Å². The van der Waals surface area contributed by atoms with Gasteiger partial charge in [0.25, 0.3) is 0 Å². The van der Waals surface area contributed by atoms with Crippen molar-refractivity contribution in [3.63, 3.8) is 0 Å². The summed E-state index contributed by atoms with van der Waals surface area (Å²) in [5, 5.41) is 3.93. The van der Waals surface area contributed by atoms with Crippen LogP contribution in [0.4, 0.5) is 4.39 Å². The van der Waals surface area contributed by atoms with E-state index in [2.05, 4.69) is 10.1 Å². The van der Waals surface area contributed by atoms with E-state index in [9.17, 15) is 9.18 Å². The van der Waals surface area contributed by atoms with E-state index in [4.69, 9.17) is 4.52 Å². The van der Waals surface area contributed by atoms with Gasteiger partial charge in [0.1, 0.15) is 5.82 Å². The van der Waals surface area contributed by atoms with Crippen LogP contribution in [0, 0.1) is 5.82 Å². The maximum atomic E-state index is 12.9. The van der Waals surface area contributed by atoms with Gasteiger partial charge in [-0.2, -0.15) is 4.98 Å². The van der Waals surface area contributed by atoms with Crippen molar-refractivity contribution in [3.8, 4) is 0 Å². The van der Waals surface area contributed by atoms with E-state index in [0.29, 0.717) is 25.4 Å². The Bertz CT molecular complexity index is 661. The number of hydrogen-bond donors (Lipinski definition) is 0. The fourth-order valence-electron chi connectivity index (χ4n) is 2.84. The Balaban J connectivity index is 1.53. The number of halogens is 1. The lowest BCUT2D eigenvalue weighted by molar-refractivity contribution is -0.131. The largest absolute Gasteiger partial charge is 0.342 e. The van der Waals surface area contributed by atoms with Gasteiger partial charge in [-0.25, -0.2) is 4.39 Å². The van der Waals surface area contributed by atoms with Crippen LogP contribution in [0.1, 0.15) is 43.0 Å². The van der Waals surface area contributed by atoms with Gasteiger partial charge in [-0.1, -0.05) is 24.2 Å². The number of carbonyl (C=O) groups excluding carboxylic acids is 1. The molecule has 1 aliphatic heterocycles. The van der Waals surface area contributed by atoms with Crippen LogP contribution >= 0.6 is 0 Å². The zero-order valence-corrected chi connectivity index (χ0v) is 13.2. The molecular weight excluding hydrogens is 297 g/mol. The fourth-order valence-corrected chi connectivity index (χ4v) is 2.84. The molecule has 0 spiro atoms. The zero-order chi connectivity index (χ0) is 16.2. The SMILES string of the molecule is CCc1noc(C2CCN(C(=O)Cc3ccc(F)cc3)CC2)n1. The second kappa shape index (κ2) is 6.89. The number of nitrogens with zero attached hydrogens (tertiary/aromatic N) is 3. The van der Waals surface area contributed by atoms with Crippen LogP contribution in [0.25, 0.3) is 0 Å². The van der Waals surface area contributed by atoms with Gasteiger partial charge in [-0.05, 0) is 30.5 Å². The molecule has 1 aliphatic rings. The minimum atomic E-state index is -0.284. The number of likely N-dealkylation sites (tertiary alicyclic amines) is 1.